The number of aromatic hydroxyl groups is 1. The number of fused-ring (bicyclic) bond motifs is 1. The summed E-state index contributed by atoms with van der Waals surface area (Å²) in [5.41, 5.74) is 6.34. The zero-order valence-corrected chi connectivity index (χ0v) is 22.7. The molecule has 1 saturated heterocycles. The minimum Gasteiger partial charge on any atom is -0.504 e. The third-order valence-corrected chi connectivity index (χ3v) is 8.78. The van der Waals surface area contributed by atoms with Crippen LogP contribution in [-0.4, -0.2) is 70.5 Å². The SMILES string of the molecule is Cc1ccc(O)c2c1C13CCN(C)[C@H](C)[C@]1(O)CC=C(OC(=O)[C@H](C)OC(=O)[C@@H](N)Cc1ccccc1)C3O2. The van der Waals surface area contributed by atoms with Crippen LogP contribution in [0, 0.1) is 6.92 Å². The number of piperidine rings is 1. The van der Waals surface area contributed by atoms with Crippen molar-refractivity contribution in [1.29, 1.82) is 0 Å². The molecule has 4 N–H and O–H groups in total. The van der Waals surface area contributed by atoms with Gasteiger partial charge in [0.1, 0.15) is 11.8 Å². The van der Waals surface area contributed by atoms with E-state index in [1.807, 2.05) is 57.3 Å². The van der Waals surface area contributed by atoms with Crippen LogP contribution < -0.4 is 10.5 Å². The summed E-state index contributed by atoms with van der Waals surface area (Å²) in [7, 11) is 1.97. The molecule has 0 saturated carbocycles. The summed E-state index contributed by atoms with van der Waals surface area (Å²) in [5.74, 6) is -0.989. The Balaban J connectivity index is 1.38. The van der Waals surface area contributed by atoms with Gasteiger partial charge in [0.25, 0.3) is 0 Å². The van der Waals surface area contributed by atoms with Crippen LogP contribution in [0.25, 0.3) is 0 Å². The molecule has 2 aromatic rings. The molecule has 2 aromatic carbocycles. The fourth-order valence-corrected chi connectivity index (χ4v) is 6.47. The van der Waals surface area contributed by atoms with Crippen molar-refractivity contribution in [3.8, 4) is 11.5 Å². The number of hydrogen-bond donors (Lipinski definition) is 3. The number of nitrogens with zero attached hydrogens (tertiary/aromatic N) is 1. The van der Waals surface area contributed by atoms with Gasteiger partial charge in [-0.25, -0.2) is 4.79 Å². The molecule has 2 heterocycles. The zero-order chi connectivity index (χ0) is 28.1. The van der Waals surface area contributed by atoms with Gasteiger partial charge in [-0.3, -0.25) is 4.79 Å². The molecule has 9 heteroatoms. The van der Waals surface area contributed by atoms with Gasteiger partial charge in [0.05, 0.1) is 11.0 Å². The Kier molecular flexibility index (Phi) is 6.95. The molecule has 1 spiro atoms. The van der Waals surface area contributed by atoms with Gasteiger partial charge in [0, 0.05) is 18.0 Å². The van der Waals surface area contributed by atoms with E-state index in [1.54, 1.807) is 12.1 Å². The third kappa shape index (κ3) is 4.29. The van der Waals surface area contributed by atoms with E-state index >= 15 is 0 Å². The van der Waals surface area contributed by atoms with Crippen LogP contribution in [0.5, 0.6) is 11.5 Å². The molecule has 39 heavy (non-hydrogen) atoms. The predicted molar refractivity (Wildman–Crippen MR) is 143 cm³/mol. The second kappa shape index (κ2) is 9.97. The molecule has 1 fully saturated rings. The number of phenols is 1. The van der Waals surface area contributed by atoms with Crippen molar-refractivity contribution >= 4 is 11.9 Å². The summed E-state index contributed by atoms with van der Waals surface area (Å²) < 4.78 is 17.5. The van der Waals surface area contributed by atoms with Gasteiger partial charge >= 0.3 is 11.9 Å². The number of carbonyl (C=O) groups is 2. The van der Waals surface area contributed by atoms with Gasteiger partial charge in [0.15, 0.2) is 23.7 Å². The van der Waals surface area contributed by atoms with Crippen LogP contribution in [0.15, 0.2) is 54.3 Å². The number of likely N-dealkylation sites (N-methyl/N-ethyl adjacent to an activating group) is 1. The quantitative estimate of drug-likeness (QED) is 0.477. The van der Waals surface area contributed by atoms with Gasteiger partial charge in [-0.15, -0.1) is 0 Å². The average molecular weight is 537 g/mol. The number of esters is 2. The second-order valence-electron chi connectivity index (χ2n) is 11.0. The molecular weight excluding hydrogens is 500 g/mol. The van der Waals surface area contributed by atoms with Gasteiger partial charge in [-0.1, -0.05) is 36.4 Å². The van der Waals surface area contributed by atoms with Crippen molar-refractivity contribution in [2.45, 2.75) is 75.3 Å². The highest BCUT2D eigenvalue weighted by atomic mass is 16.6. The number of rotatable bonds is 6. The van der Waals surface area contributed by atoms with E-state index in [0.717, 1.165) is 16.7 Å². The molecule has 0 aromatic heterocycles. The lowest BCUT2D eigenvalue weighted by Crippen LogP contribution is -2.71. The molecule has 0 amide bonds. The first-order valence-electron chi connectivity index (χ1n) is 13.3. The van der Waals surface area contributed by atoms with E-state index in [4.69, 9.17) is 19.9 Å². The van der Waals surface area contributed by atoms with Crippen molar-refractivity contribution in [1.82, 2.24) is 4.90 Å². The first-order valence-corrected chi connectivity index (χ1v) is 13.3. The van der Waals surface area contributed by atoms with Gasteiger partial charge in [0.2, 0.25) is 0 Å². The van der Waals surface area contributed by atoms with Crippen molar-refractivity contribution in [2.24, 2.45) is 5.73 Å². The Bertz CT molecular complexity index is 1310. The van der Waals surface area contributed by atoms with E-state index < -0.39 is 41.2 Å². The summed E-state index contributed by atoms with van der Waals surface area (Å²) in [5, 5.41) is 22.9. The molecule has 3 aliphatic rings. The lowest BCUT2D eigenvalue weighted by Gasteiger charge is -2.58. The number of ether oxygens (including phenoxy) is 3. The Morgan fingerprint density at radius 2 is 1.92 bits per heavy atom. The largest absolute Gasteiger partial charge is 0.504 e. The van der Waals surface area contributed by atoms with Crippen LogP contribution >= 0.6 is 0 Å². The maximum Gasteiger partial charge on any atom is 0.352 e. The Labute approximate surface area is 228 Å². The van der Waals surface area contributed by atoms with E-state index in [-0.39, 0.29) is 30.4 Å². The number of aliphatic hydroxyl groups is 1. The topological polar surface area (TPSA) is 132 Å². The number of carbonyl (C=O) groups excluding carboxylic acids is 2. The highest BCUT2D eigenvalue weighted by molar-refractivity contribution is 5.82. The minimum atomic E-state index is -1.24. The maximum atomic E-state index is 13.1. The standard InChI is InChI=1S/C30H36N2O7/c1-17-10-11-22(33)25-24(17)29-14-15-32(4)19(3)30(29,36)13-12-23(26(29)39-25)38-27(34)18(2)37-28(35)21(31)16-20-8-6-5-7-9-20/h5-12,18-19,21,26,33,36H,13-16,31H2,1-4H3/t18-,19+,21-,26?,29?,30+/m0/s1. The van der Waals surface area contributed by atoms with Crippen LogP contribution in [0.2, 0.25) is 0 Å². The Morgan fingerprint density at radius 3 is 2.64 bits per heavy atom. The molecule has 208 valence electrons. The van der Waals surface area contributed by atoms with Crippen molar-refractivity contribution in [3.05, 3.63) is 71.0 Å². The Hall–Kier alpha value is -3.40. The number of hydrogen-bond acceptors (Lipinski definition) is 9. The van der Waals surface area contributed by atoms with Crippen molar-refractivity contribution in [3.63, 3.8) is 0 Å². The molecule has 2 aliphatic heterocycles. The molecule has 2 unspecified atom stereocenters. The average Bonchev–Trinajstić information content (AvgIpc) is 3.28. The summed E-state index contributed by atoms with van der Waals surface area (Å²) in [4.78, 5) is 27.8. The number of nitrogens with two attached hydrogens (primary N) is 1. The zero-order valence-electron chi connectivity index (χ0n) is 22.7. The van der Waals surface area contributed by atoms with Gasteiger partial charge < -0.3 is 35.1 Å². The molecule has 0 bridgehead atoms. The summed E-state index contributed by atoms with van der Waals surface area (Å²) in [6.45, 7) is 6.00. The molecule has 0 radical (unpaired) electrons. The Morgan fingerprint density at radius 1 is 1.21 bits per heavy atom. The fourth-order valence-electron chi connectivity index (χ4n) is 6.47. The normalized spacial score (nSPS) is 29.1. The highest BCUT2D eigenvalue weighted by Crippen LogP contribution is 2.62. The van der Waals surface area contributed by atoms with E-state index in [2.05, 4.69) is 4.90 Å². The fraction of sp³-hybridized carbons (Fsp3) is 0.467. The smallest absolute Gasteiger partial charge is 0.352 e. The van der Waals surface area contributed by atoms with Crippen molar-refractivity contribution < 1.29 is 34.0 Å². The number of likely N-dealkylation sites (tertiary alicyclic amines) is 1. The van der Waals surface area contributed by atoms with Crippen LogP contribution in [0.4, 0.5) is 0 Å². The van der Waals surface area contributed by atoms with E-state index in [1.165, 1.54) is 6.92 Å². The van der Waals surface area contributed by atoms with Crippen molar-refractivity contribution in [2.75, 3.05) is 13.6 Å². The third-order valence-electron chi connectivity index (χ3n) is 8.78. The van der Waals surface area contributed by atoms with E-state index in [9.17, 15) is 19.8 Å². The lowest BCUT2D eigenvalue weighted by molar-refractivity contribution is -0.172. The maximum absolute atomic E-state index is 13.1. The monoisotopic (exact) mass is 536 g/mol. The van der Waals surface area contributed by atoms with Gasteiger partial charge in [-0.05, 0) is 70.5 Å². The molecular formula is C30H36N2O7. The summed E-state index contributed by atoms with van der Waals surface area (Å²) in [6.07, 6.45) is 0.627. The molecule has 5 rings (SSSR count). The van der Waals surface area contributed by atoms with Gasteiger partial charge in [-0.2, -0.15) is 0 Å². The van der Waals surface area contributed by atoms with Crippen LogP contribution in [0.3, 0.4) is 0 Å². The molecule has 9 nitrogen and oxygen atoms in total. The molecule has 6 atom stereocenters. The lowest BCUT2D eigenvalue weighted by atomic mass is 9.54. The predicted octanol–water partition coefficient (Wildman–Crippen LogP) is 2.49. The first kappa shape index (κ1) is 27.2. The molecule has 1 aliphatic carbocycles. The highest BCUT2D eigenvalue weighted by Gasteiger charge is 2.69. The van der Waals surface area contributed by atoms with E-state index in [0.29, 0.717) is 18.7 Å². The number of aryl methyl sites for hydroxylation is 1. The first-order chi connectivity index (χ1) is 18.5. The summed E-state index contributed by atoms with van der Waals surface area (Å²) >= 11 is 0. The minimum absolute atomic E-state index is 0.0336. The summed E-state index contributed by atoms with van der Waals surface area (Å²) in [6, 6.07) is 11.5. The number of benzene rings is 2. The van der Waals surface area contributed by atoms with Crippen LogP contribution in [0.1, 0.15) is 43.4 Å². The van der Waals surface area contributed by atoms with Crippen LogP contribution in [-0.2, 0) is 30.9 Å². The number of phenolic OH excluding ortho intramolecular Hbond substituents is 1. The second-order valence-corrected chi connectivity index (χ2v) is 11.0.